The Balaban J connectivity index is 2.38. The molecule has 4 heteroatoms. The number of hydrogen-bond acceptors (Lipinski definition) is 3. The highest BCUT2D eigenvalue weighted by molar-refractivity contribution is 5.76. The summed E-state index contributed by atoms with van der Waals surface area (Å²) in [6, 6.07) is 7.99. The van der Waals surface area contributed by atoms with Crippen molar-refractivity contribution in [3.63, 3.8) is 0 Å². The van der Waals surface area contributed by atoms with Crippen LogP contribution in [-0.2, 0) is 4.79 Å². The maximum absolute atomic E-state index is 11.7. The van der Waals surface area contributed by atoms with Gasteiger partial charge >= 0.3 is 0 Å². The topological polar surface area (TPSA) is 53.3 Å². The zero-order chi connectivity index (χ0) is 14.3. The molecule has 0 fully saturated rings. The molecule has 0 bridgehead atoms. The van der Waals surface area contributed by atoms with Crippen molar-refractivity contribution in [2.75, 3.05) is 20.2 Å². The normalized spacial score (nSPS) is 9.79. The summed E-state index contributed by atoms with van der Waals surface area (Å²) < 4.78 is 5.60. The average Bonchev–Trinajstić information content (AvgIpc) is 2.38. The Hall–Kier alpha value is -2.02. The van der Waals surface area contributed by atoms with Gasteiger partial charge < -0.3 is 9.64 Å². The van der Waals surface area contributed by atoms with Gasteiger partial charge in [0.2, 0.25) is 5.91 Å². The molecule has 0 aliphatic heterocycles. The Morgan fingerprint density at radius 3 is 2.79 bits per heavy atom. The minimum absolute atomic E-state index is 0.0000136. The van der Waals surface area contributed by atoms with Crippen LogP contribution >= 0.6 is 0 Å². The first-order valence-electron chi connectivity index (χ1n) is 6.35. The molecular formula is C15H20N2O2. The fourth-order valence-electron chi connectivity index (χ4n) is 1.74. The molecule has 0 saturated carbocycles. The molecule has 19 heavy (non-hydrogen) atoms. The van der Waals surface area contributed by atoms with Crippen molar-refractivity contribution in [1.82, 2.24) is 4.90 Å². The van der Waals surface area contributed by atoms with Crippen LogP contribution < -0.4 is 4.74 Å². The minimum Gasteiger partial charge on any atom is -0.493 e. The summed E-state index contributed by atoms with van der Waals surface area (Å²) in [5.41, 5.74) is 2.27. The van der Waals surface area contributed by atoms with E-state index in [1.54, 1.807) is 11.9 Å². The van der Waals surface area contributed by atoms with Gasteiger partial charge in [0.15, 0.2) is 0 Å². The number of benzene rings is 1. The fraction of sp³-hybridized carbons (Fsp3) is 0.467. The second kappa shape index (κ2) is 7.42. The SMILES string of the molecule is Cc1ccc(OCCC(=O)N(C)CCC#N)c(C)c1. The van der Waals surface area contributed by atoms with Crippen molar-refractivity contribution in [3.8, 4) is 11.8 Å². The van der Waals surface area contributed by atoms with Crippen LogP contribution in [-0.4, -0.2) is 31.0 Å². The van der Waals surface area contributed by atoms with E-state index < -0.39 is 0 Å². The van der Waals surface area contributed by atoms with Gasteiger partial charge in [-0.25, -0.2) is 0 Å². The first-order valence-corrected chi connectivity index (χ1v) is 6.35. The van der Waals surface area contributed by atoms with Crippen molar-refractivity contribution < 1.29 is 9.53 Å². The van der Waals surface area contributed by atoms with Gasteiger partial charge in [-0.05, 0) is 25.5 Å². The number of hydrogen-bond donors (Lipinski definition) is 0. The third-order valence-electron chi connectivity index (χ3n) is 2.89. The lowest BCUT2D eigenvalue weighted by Gasteiger charge is -2.16. The number of amides is 1. The molecule has 0 unspecified atom stereocenters. The van der Waals surface area contributed by atoms with E-state index in [1.165, 1.54) is 5.56 Å². The number of rotatable bonds is 6. The number of nitriles is 1. The maximum Gasteiger partial charge on any atom is 0.225 e. The lowest BCUT2D eigenvalue weighted by molar-refractivity contribution is -0.130. The van der Waals surface area contributed by atoms with Gasteiger partial charge in [-0.1, -0.05) is 17.7 Å². The number of carbonyl (C=O) groups excluding carboxylic acids is 1. The average molecular weight is 260 g/mol. The third kappa shape index (κ3) is 5.01. The molecule has 0 atom stereocenters. The lowest BCUT2D eigenvalue weighted by Crippen LogP contribution is -2.28. The predicted molar refractivity (Wildman–Crippen MR) is 73.9 cm³/mol. The quantitative estimate of drug-likeness (QED) is 0.789. The molecule has 1 aromatic carbocycles. The summed E-state index contributed by atoms with van der Waals surface area (Å²) in [5.74, 6) is 0.818. The van der Waals surface area contributed by atoms with Gasteiger partial charge in [-0.15, -0.1) is 0 Å². The molecule has 0 radical (unpaired) electrons. The number of carbonyl (C=O) groups is 1. The van der Waals surface area contributed by atoms with E-state index in [9.17, 15) is 4.79 Å². The smallest absolute Gasteiger partial charge is 0.225 e. The molecule has 102 valence electrons. The van der Waals surface area contributed by atoms with Crippen LogP contribution in [0.4, 0.5) is 0 Å². The van der Waals surface area contributed by atoms with Crippen molar-refractivity contribution >= 4 is 5.91 Å². The summed E-state index contributed by atoms with van der Waals surface area (Å²) >= 11 is 0. The highest BCUT2D eigenvalue weighted by Crippen LogP contribution is 2.18. The predicted octanol–water partition coefficient (Wildman–Crippen LogP) is 2.44. The van der Waals surface area contributed by atoms with Gasteiger partial charge in [0.05, 0.1) is 25.5 Å². The van der Waals surface area contributed by atoms with Gasteiger partial charge in [0.1, 0.15) is 5.75 Å². The molecule has 4 nitrogen and oxygen atoms in total. The standard InChI is InChI=1S/C15H20N2O2/c1-12-5-6-14(13(2)11-12)19-10-7-15(18)17(3)9-4-8-16/h5-6,11H,4,7,9-10H2,1-3H3. The summed E-state index contributed by atoms with van der Waals surface area (Å²) in [6.07, 6.45) is 0.690. The van der Waals surface area contributed by atoms with E-state index in [1.807, 2.05) is 32.0 Å². The second-order valence-corrected chi connectivity index (χ2v) is 4.59. The zero-order valence-corrected chi connectivity index (χ0v) is 11.8. The van der Waals surface area contributed by atoms with Crippen LogP contribution in [0.25, 0.3) is 0 Å². The van der Waals surface area contributed by atoms with E-state index in [-0.39, 0.29) is 5.91 Å². The summed E-state index contributed by atoms with van der Waals surface area (Å²) in [7, 11) is 1.71. The molecule has 0 aliphatic carbocycles. The lowest BCUT2D eigenvalue weighted by atomic mass is 10.1. The molecule has 0 aliphatic rings. The van der Waals surface area contributed by atoms with Crippen molar-refractivity contribution in [2.24, 2.45) is 0 Å². The number of nitrogens with zero attached hydrogens (tertiary/aromatic N) is 2. The third-order valence-corrected chi connectivity index (χ3v) is 2.89. The number of ether oxygens (including phenoxy) is 1. The van der Waals surface area contributed by atoms with E-state index in [0.29, 0.717) is 26.0 Å². The summed E-state index contributed by atoms with van der Waals surface area (Å²) in [4.78, 5) is 13.3. The molecular weight excluding hydrogens is 240 g/mol. The van der Waals surface area contributed by atoms with Crippen LogP contribution in [0.5, 0.6) is 5.75 Å². The Kier molecular flexibility index (Phi) is 5.87. The van der Waals surface area contributed by atoms with Crippen LogP contribution in [0.2, 0.25) is 0 Å². The summed E-state index contributed by atoms with van der Waals surface area (Å²) in [5, 5.41) is 8.46. The summed E-state index contributed by atoms with van der Waals surface area (Å²) in [6.45, 7) is 4.85. The van der Waals surface area contributed by atoms with Gasteiger partial charge in [0, 0.05) is 13.6 Å². The molecule has 1 rings (SSSR count). The molecule has 0 aromatic heterocycles. The van der Waals surface area contributed by atoms with Gasteiger partial charge in [-0.2, -0.15) is 5.26 Å². The fourth-order valence-corrected chi connectivity index (χ4v) is 1.74. The van der Waals surface area contributed by atoms with E-state index in [0.717, 1.165) is 11.3 Å². The minimum atomic E-state index is 0.0000136. The monoisotopic (exact) mass is 260 g/mol. The Morgan fingerprint density at radius 1 is 1.42 bits per heavy atom. The Labute approximate surface area is 114 Å². The van der Waals surface area contributed by atoms with E-state index in [4.69, 9.17) is 10.00 Å². The van der Waals surface area contributed by atoms with Gasteiger partial charge in [-0.3, -0.25) is 4.79 Å². The Bertz CT molecular complexity index is 478. The molecule has 0 saturated heterocycles. The highest BCUT2D eigenvalue weighted by atomic mass is 16.5. The first-order chi connectivity index (χ1) is 9.04. The van der Waals surface area contributed by atoms with Crippen molar-refractivity contribution in [1.29, 1.82) is 5.26 Å². The molecule has 1 amide bonds. The number of aryl methyl sites for hydroxylation is 2. The van der Waals surface area contributed by atoms with Crippen LogP contribution in [0.1, 0.15) is 24.0 Å². The second-order valence-electron chi connectivity index (χ2n) is 4.59. The van der Waals surface area contributed by atoms with E-state index >= 15 is 0 Å². The van der Waals surface area contributed by atoms with Crippen LogP contribution in [0, 0.1) is 25.2 Å². The Morgan fingerprint density at radius 2 is 2.16 bits per heavy atom. The zero-order valence-electron chi connectivity index (χ0n) is 11.8. The largest absolute Gasteiger partial charge is 0.493 e. The highest BCUT2D eigenvalue weighted by Gasteiger charge is 2.08. The molecule has 0 N–H and O–H groups in total. The molecule has 0 heterocycles. The van der Waals surface area contributed by atoms with Gasteiger partial charge in [0.25, 0.3) is 0 Å². The van der Waals surface area contributed by atoms with Crippen molar-refractivity contribution in [2.45, 2.75) is 26.7 Å². The van der Waals surface area contributed by atoms with E-state index in [2.05, 4.69) is 6.07 Å². The van der Waals surface area contributed by atoms with Crippen molar-refractivity contribution in [3.05, 3.63) is 29.3 Å². The van der Waals surface area contributed by atoms with Crippen LogP contribution in [0.3, 0.4) is 0 Å². The first kappa shape index (κ1) is 15.0. The maximum atomic E-state index is 11.7. The van der Waals surface area contributed by atoms with Crippen LogP contribution in [0.15, 0.2) is 18.2 Å². The molecule has 0 spiro atoms. The molecule has 1 aromatic rings.